The predicted molar refractivity (Wildman–Crippen MR) is 98.7 cm³/mol. The van der Waals surface area contributed by atoms with E-state index in [4.69, 9.17) is 26.8 Å². The molecule has 0 aromatic heterocycles. The van der Waals surface area contributed by atoms with E-state index in [2.05, 4.69) is 10.3 Å². The number of hydrogen-bond acceptors (Lipinski definition) is 3. The summed E-state index contributed by atoms with van der Waals surface area (Å²) in [7, 11) is 1.57. The summed E-state index contributed by atoms with van der Waals surface area (Å²) in [4.78, 5) is 4.38. The molecule has 0 fully saturated rings. The molecule has 0 bridgehead atoms. The van der Waals surface area contributed by atoms with E-state index in [0.717, 1.165) is 16.8 Å². The monoisotopic (exact) mass is 347 g/mol. The molecular formula is C18H22ClN3O2. The van der Waals surface area contributed by atoms with E-state index in [9.17, 15) is 0 Å². The normalized spacial score (nSPS) is 11.4. The Morgan fingerprint density at radius 2 is 1.96 bits per heavy atom. The highest BCUT2D eigenvalue weighted by Gasteiger charge is 2.04. The maximum Gasteiger partial charge on any atom is 0.193 e. The van der Waals surface area contributed by atoms with Crippen molar-refractivity contribution in [2.24, 2.45) is 10.7 Å². The molecule has 0 radical (unpaired) electrons. The minimum atomic E-state index is 0.322. The Bertz CT molecular complexity index is 704. The summed E-state index contributed by atoms with van der Waals surface area (Å²) >= 11 is 6.10. The van der Waals surface area contributed by atoms with Crippen molar-refractivity contribution in [3.63, 3.8) is 0 Å². The van der Waals surface area contributed by atoms with Gasteiger partial charge in [0.15, 0.2) is 5.96 Å². The average Bonchev–Trinajstić information content (AvgIpc) is 2.59. The highest BCUT2D eigenvalue weighted by Crippen LogP contribution is 2.27. The zero-order chi connectivity index (χ0) is 17.4. The number of methoxy groups -OCH3 is 1. The molecule has 0 amide bonds. The number of nitrogens with zero attached hydrogens (tertiary/aromatic N) is 1. The van der Waals surface area contributed by atoms with Gasteiger partial charge in [0.25, 0.3) is 0 Å². The quantitative estimate of drug-likeness (QED) is 0.590. The molecule has 0 aliphatic carbocycles. The van der Waals surface area contributed by atoms with Gasteiger partial charge in [-0.1, -0.05) is 35.9 Å². The predicted octanol–water partition coefficient (Wildman–Crippen LogP) is 3.81. The van der Waals surface area contributed by atoms with Crippen LogP contribution >= 0.6 is 11.6 Å². The molecule has 5 nitrogen and oxygen atoms in total. The van der Waals surface area contributed by atoms with E-state index in [-0.39, 0.29) is 0 Å². The largest absolute Gasteiger partial charge is 0.495 e. The molecule has 2 aromatic carbocycles. The zero-order valence-corrected chi connectivity index (χ0v) is 14.6. The summed E-state index contributed by atoms with van der Waals surface area (Å²) in [5.41, 5.74) is 8.91. The van der Waals surface area contributed by atoms with E-state index in [1.54, 1.807) is 19.2 Å². The van der Waals surface area contributed by atoms with Crippen LogP contribution in [-0.2, 0) is 17.9 Å². The van der Waals surface area contributed by atoms with Gasteiger partial charge in [-0.15, -0.1) is 0 Å². The summed E-state index contributed by atoms with van der Waals surface area (Å²) < 4.78 is 10.6. The molecule has 0 saturated heterocycles. The van der Waals surface area contributed by atoms with Gasteiger partial charge in [-0.3, -0.25) is 0 Å². The maximum absolute atomic E-state index is 6.10. The highest BCUT2D eigenvalue weighted by atomic mass is 35.5. The lowest BCUT2D eigenvalue weighted by molar-refractivity contribution is 0.133. The number of ether oxygens (including phenoxy) is 2. The van der Waals surface area contributed by atoms with Crippen molar-refractivity contribution in [2.45, 2.75) is 20.1 Å². The van der Waals surface area contributed by atoms with Gasteiger partial charge < -0.3 is 20.5 Å². The fraction of sp³-hybridized carbons (Fsp3) is 0.278. The smallest absolute Gasteiger partial charge is 0.193 e. The lowest BCUT2D eigenvalue weighted by Crippen LogP contribution is -2.22. The van der Waals surface area contributed by atoms with Crippen LogP contribution in [0.3, 0.4) is 0 Å². The number of anilines is 1. The first-order valence-corrected chi connectivity index (χ1v) is 8.06. The van der Waals surface area contributed by atoms with Gasteiger partial charge in [0.05, 0.1) is 25.3 Å². The molecule has 0 heterocycles. The van der Waals surface area contributed by atoms with Gasteiger partial charge in [0, 0.05) is 12.3 Å². The first kappa shape index (κ1) is 18.1. The second-order valence-corrected chi connectivity index (χ2v) is 5.49. The molecule has 24 heavy (non-hydrogen) atoms. The molecule has 0 saturated carbocycles. The van der Waals surface area contributed by atoms with Crippen LogP contribution in [0.25, 0.3) is 0 Å². The van der Waals surface area contributed by atoms with Gasteiger partial charge in [0.1, 0.15) is 5.75 Å². The van der Waals surface area contributed by atoms with Gasteiger partial charge >= 0.3 is 0 Å². The first-order valence-electron chi connectivity index (χ1n) is 7.69. The molecule has 2 rings (SSSR count). The van der Waals surface area contributed by atoms with Gasteiger partial charge in [0.2, 0.25) is 0 Å². The number of guanidine groups is 1. The average molecular weight is 348 g/mol. The Hall–Kier alpha value is -2.24. The van der Waals surface area contributed by atoms with Crippen molar-refractivity contribution < 1.29 is 9.47 Å². The number of rotatable bonds is 7. The van der Waals surface area contributed by atoms with Gasteiger partial charge in [-0.25, -0.2) is 4.99 Å². The third-order valence-corrected chi connectivity index (χ3v) is 3.72. The van der Waals surface area contributed by atoms with Crippen LogP contribution in [0.5, 0.6) is 5.75 Å². The molecule has 0 spiro atoms. The zero-order valence-electron chi connectivity index (χ0n) is 13.9. The van der Waals surface area contributed by atoms with Crippen molar-refractivity contribution in [2.75, 3.05) is 19.0 Å². The summed E-state index contributed by atoms with van der Waals surface area (Å²) in [6.07, 6.45) is 0. The van der Waals surface area contributed by atoms with Gasteiger partial charge in [-0.05, 0) is 36.2 Å². The highest BCUT2D eigenvalue weighted by molar-refractivity contribution is 6.32. The van der Waals surface area contributed by atoms with Crippen molar-refractivity contribution >= 4 is 23.2 Å². The van der Waals surface area contributed by atoms with Crippen LogP contribution < -0.4 is 15.8 Å². The Morgan fingerprint density at radius 1 is 1.21 bits per heavy atom. The number of halogens is 1. The topological polar surface area (TPSA) is 68.9 Å². The third kappa shape index (κ3) is 5.15. The summed E-state index contributed by atoms with van der Waals surface area (Å²) in [5.74, 6) is 0.935. The summed E-state index contributed by atoms with van der Waals surface area (Å²) in [6.45, 7) is 3.71. The summed E-state index contributed by atoms with van der Waals surface area (Å²) in [5, 5.41) is 3.53. The van der Waals surface area contributed by atoms with Crippen LogP contribution in [0.1, 0.15) is 18.1 Å². The van der Waals surface area contributed by atoms with E-state index >= 15 is 0 Å². The molecule has 128 valence electrons. The fourth-order valence-corrected chi connectivity index (χ4v) is 2.42. The SMILES string of the molecule is CCOCc1ccccc1CN=C(N)Nc1ccc(OC)c(Cl)c1. The lowest BCUT2D eigenvalue weighted by Gasteiger charge is -2.10. The lowest BCUT2D eigenvalue weighted by atomic mass is 10.1. The minimum Gasteiger partial charge on any atom is -0.495 e. The van der Waals surface area contributed by atoms with Crippen molar-refractivity contribution in [1.82, 2.24) is 0 Å². The summed E-state index contributed by atoms with van der Waals surface area (Å²) in [6, 6.07) is 13.4. The number of nitrogens with two attached hydrogens (primary N) is 1. The molecule has 0 aliphatic rings. The molecule has 6 heteroatoms. The number of hydrogen-bond donors (Lipinski definition) is 2. The number of benzene rings is 2. The second-order valence-electron chi connectivity index (χ2n) is 5.08. The van der Waals surface area contributed by atoms with Crippen LogP contribution in [0.4, 0.5) is 5.69 Å². The fourth-order valence-electron chi connectivity index (χ4n) is 2.17. The third-order valence-electron chi connectivity index (χ3n) is 3.42. The molecule has 0 unspecified atom stereocenters. The van der Waals surface area contributed by atoms with Crippen LogP contribution in [0.2, 0.25) is 5.02 Å². The molecule has 0 atom stereocenters. The van der Waals surface area contributed by atoms with E-state index in [1.165, 1.54) is 0 Å². The van der Waals surface area contributed by atoms with Crippen molar-refractivity contribution in [3.8, 4) is 5.75 Å². The van der Waals surface area contributed by atoms with E-state index in [1.807, 2.05) is 37.3 Å². The van der Waals surface area contributed by atoms with Gasteiger partial charge in [-0.2, -0.15) is 0 Å². The molecule has 0 aliphatic heterocycles. The van der Waals surface area contributed by atoms with Crippen molar-refractivity contribution in [3.05, 3.63) is 58.6 Å². The van der Waals surface area contributed by atoms with Crippen LogP contribution in [0, 0.1) is 0 Å². The Morgan fingerprint density at radius 3 is 2.62 bits per heavy atom. The van der Waals surface area contributed by atoms with E-state index in [0.29, 0.717) is 36.5 Å². The van der Waals surface area contributed by atoms with E-state index < -0.39 is 0 Å². The van der Waals surface area contributed by atoms with Crippen LogP contribution in [-0.4, -0.2) is 19.7 Å². The first-order chi connectivity index (χ1) is 11.6. The Balaban J connectivity index is 2.03. The van der Waals surface area contributed by atoms with Crippen LogP contribution in [0.15, 0.2) is 47.5 Å². The Labute approximate surface area is 147 Å². The second kappa shape index (κ2) is 9.15. The van der Waals surface area contributed by atoms with Crippen molar-refractivity contribution in [1.29, 1.82) is 0 Å². The maximum atomic E-state index is 6.10. The molecular weight excluding hydrogens is 326 g/mol. The number of nitrogens with one attached hydrogen (secondary N) is 1. The number of aliphatic imine (C=N–C) groups is 1. The minimum absolute atomic E-state index is 0.322. The molecule has 2 aromatic rings. The Kier molecular flexibility index (Phi) is 6.90. The molecule has 3 N–H and O–H groups in total. The standard InChI is InChI=1S/C18H22ClN3O2/c1-3-24-12-14-7-5-4-6-13(14)11-21-18(20)22-15-8-9-17(23-2)16(19)10-15/h4-10H,3,11-12H2,1-2H3,(H3,20,21,22).